The summed E-state index contributed by atoms with van der Waals surface area (Å²) in [5, 5.41) is 0. The van der Waals surface area contributed by atoms with Crippen molar-refractivity contribution in [2.24, 2.45) is 0 Å². The molecule has 0 N–H and O–H groups in total. The maximum absolute atomic E-state index is 12.9. The Morgan fingerprint density at radius 2 is 0.476 bits per heavy atom. The molecule has 82 heavy (non-hydrogen) atoms. The topological polar surface area (TPSA) is 78.9 Å². The highest BCUT2D eigenvalue weighted by Crippen LogP contribution is 2.17. The second-order valence-corrected chi connectivity index (χ2v) is 23.4. The molecule has 472 valence electrons. The van der Waals surface area contributed by atoms with Crippen LogP contribution < -0.4 is 0 Å². The van der Waals surface area contributed by atoms with Gasteiger partial charge >= 0.3 is 17.9 Å². The summed E-state index contributed by atoms with van der Waals surface area (Å²) in [5.41, 5.74) is 0. The van der Waals surface area contributed by atoms with Gasteiger partial charge < -0.3 is 14.2 Å². The van der Waals surface area contributed by atoms with Crippen LogP contribution >= 0.6 is 0 Å². The van der Waals surface area contributed by atoms with E-state index in [0.717, 1.165) is 109 Å². The number of carbonyl (C=O) groups is 3. The second kappa shape index (κ2) is 69.8. The van der Waals surface area contributed by atoms with Crippen molar-refractivity contribution in [1.29, 1.82) is 0 Å². The Morgan fingerprint density at radius 3 is 0.768 bits per heavy atom. The molecule has 0 rings (SSSR count). The highest BCUT2D eigenvalue weighted by molar-refractivity contribution is 5.71. The number of ether oxygens (including phenoxy) is 3. The van der Waals surface area contributed by atoms with Crippen molar-refractivity contribution < 1.29 is 28.6 Å². The average molecular weight is 1140 g/mol. The molecule has 0 radical (unpaired) electrons. The zero-order valence-corrected chi connectivity index (χ0v) is 54.2. The molecule has 0 aliphatic rings. The van der Waals surface area contributed by atoms with E-state index in [1.807, 2.05) is 0 Å². The first-order valence-corrected chi connectivity index (χ1v) is 35.2. The van der Waals surface area contributed by atoms with Crippen molar-refractivity contribution >= 4 is 17.9 Å². The Hall–Kier alpha value is -3.67. The summed E-state index contributed by atoms with van der Waals surface area (Å²) >= 11 is 0. The summed E-state index contributed by atoms with van der Waals surface area (Å²) in [6, 6.07) is 0. The molecule has 0 aliphatic heterocycles. The molecular weight excluding hydrogens is 1010 g/mol. The molecule has 0 saturated carbocycles. The Labute approximate surface area is 508 Å². The minimum Gasteiger partial charge on any atom is -0.462 e. The van der Waals surface area contributed by atoms with Crippen LogP contribution in [-0.4, -0.2) is 37.2 Å². The summed E-state index contributed by atoms with van der Waals surface area (Å²) in [5.74, 6) is -0.883. The van der Waals surface area contributed by atoms with E-state index in [2.05, 4.69) is 118 Å². The molecule has 0 aromatic rings. The van der Waals surface area contributed by atoms with E-state index >= 15 is 0 Å². The first-order chi connectivity index (χ1) is 40.5. The van der Waals surface area contributed by atoms with Gasteiger partial charge in [0.25, 0.3) is 0 Å². The Balaban J connectivity index is 4.26. The van der Waals surface area contributed by atoms with Gasteiger partial charge in [-0.1, -0.05) is 304 Å². The maximum Gasteiger partial charge on any atom is 0.306 e. The SMILES string of the molecule is CC/C=C\C/C=C\C/C=C\C/C=C\C/C=C\CCCCCCCCCCCCCCCCCC(=O)OCC(COC(=O)CCCCCCC/C=C\C/C=C\CCCCCC)OC(=O)CCCCCCCCC/C=C\CCCCCCCC. The van der Waals surface area contributed by atoms with Crippen molar-refractivity contribution in [3.8, 4) is 0 Å². The Kier molecular flexibility index (Phi) is 66.7. The summed E-state index contributed by atoms with van der Waals surface area (Å²) in [6.07, 6.45) is 94.3. The van der Waals surface area contributed by atoms with Gasteiger partial charge in [0.2, 0.25) is 0 Å². The molecule has 0 aromatic carbocycles. The smallest absolute Gasteiger partial charge is 0.306 e. The van der Waals surface area contributed by atoms with E-state index in [0.29, 0.717) is 19.3 Å². The van der Waals surface area contributed by atoms with Crippen molar-refractivity contribution in [2.75, 3.05) is 13.2 Å². The first kappa shape index (κ1) is 78.3. The molecule has 0 fully saturated rings. The molecule has 0 saturated heterocycles. The first-order valence-electron chi connectivity index (χ1n) is 35.2. The monoisotopic (exact) mass is 1140 g/mol. The summed E-state index contributed by atoms with van der Waals surface area (Å²) in [6.45, 7) is 6.53. The molecule has 6 heteroatoms. The Morgan fingerprint density at radius 1 is 0.256 bits per heavy atom. The van der Waals surface area contributed by atoms with Crippen molar-refractivity contribution in [1.82, 2.24) is 0 Å². The number of carbonyl (C=O) groups excluding carboxylic acids is 3. The second-order valence-electron chi connectivity index (χ2n) is 23.4. The average Bonchev–Trinajstić information content (AvgIpc) is 3.48. The number of hydrogen-bond donors (Lipinski definition) is 0. The third-order valence-electron chi connectivity index (χ3n) is 15.3. The zero-order chi connectivity index (χ0) is 59.2. The summed E-state index contributed by atoms with van der Waals surface area (Å²) in [7, 11) is 0. The van der Waals surface area contributed by atoms with Crippen LogP contribution in [-0.2, 0) is 28.6 Å². The van der Waals surface area contributed by atoms with Crippen LogP contribution in [0.25, 0.3) is 0 Å². The van der Waals surface area contributed by atoms with Crippen LogP contribution in [0.2, 0.25) is 0 Å². The molecule has 0 bridgehead atoms. The van der Waals surface area contributed by atoms with E-state index in [1.165, 1.54) is 199 Å². The lowest BCUT2D eigenvalue weighted by molar-refractivity contribution is -0.167. The van der Waals surface area contributed by atoms with E-state index in [-0.39, 0.29) is 31.1 Å². The van der Waals surface area contributed by atoms with Gasteiger partial charge in [0.05, 0.1) is 0 Å². The number of esters is 3. The predicted octanol–water partition coefficient (Wildman–Crippen LogP) is 24.4. The van der Waals surface area contributed by atoms with Gasteiger partial charge in [-0.05, 0) is 122 Å². The molecule has 0 spiro atoms. The van der Waals surface area contributed by atoms with Gasteiger partial charge in [0.15, 0.2) is 6.10 Å². The quantitative estimate of drug-likeness (QED) is 0.0261. The molecule has 0 amide bonds. The molecular formula is C76H132O6. The van der Waals surface area contributed by atoms with Gasteiger partial charge in [0, 0.05) is 19.3 Å². The minimum absolute atomic E-state index is 0.0811. The molecule has 0 heterocycles. The third kappa shape index (κ3) is 67.1. The number of rotatable bonds is 64. The van der Waals surface area contributed by atoms with E-state index in [9.17, 15) is 14.4 Å². The van der Waals surface area contributed by atoms with Crippen LogP contribution in [0.15, 0.2) is 97.2 Å². The highest BCUT2D eigenvalue weighted by Gasteiger charge is 2.19. The van der Waals surface area contributed by atoms with E-state index in [4.69, 9.17) is 14.2 Å². The summed E-state index contributed by atoms with van der Waals surface area (Å²) in [4.78, 5) is 38.4. The normalized spacial score (nSPS) is 12.7. The van der Waals surface area contributed by atoms with Gasteiger partial charge in [-0.15, -0.1) is 0 Å². The largest absolute Gasteiger partial charge is 0.462 e. The molecule has 1 unspecified atom stereocenters. The van der Waals surface area contributed by atoms with Crippen LogP contribution in [0, 0.1) is 0 Å². The summed E-state index contributed by atoms with van der Waals surface area (Å²) < 4.78 is 17.0. The van der Waals surface area contributed by atoms with Crippen LogP contribution in [0.3, 0.4) is 0 Å². The minimum atomic E-state index is -0.786. The number of allylic oxidation sites excluding steroid dienone is 16. The maximum atomic E-state index is 12.9. The van der Waals surface area contributed by atoms with Crippen molar-refractivity contribution in [3.63, 3.8) is 0 Å². The number of unbranched alkanes of at least 4 members (excludes halogenated alkanes) is 37. The van der Waals surface area contributed by atoms with E-state index in [1.54, 1.807) is 0 Å². The number of hydrogen-bond acceptors (Lipinski definition) is 6. The van der Waals surface area contributed by atoms with E-state index < -0.39 is 6.10 Å². The van der Waals surface area contributed by atoms with Crippen LogP contribution in [0.5, 0.6) is 0 Å². The fraction of sp³-hybridized carbons (Fsp3) is 0.750. The van der Waals surface area contributed by atoms with Gasteiger partial charge in [0.1, 0.15) is 13.2 Å². The molecule has 0 aromatic heterocycles. The van der Waals surface area contributed by atoms with Gasteiger partial charge in [-0.3, -0.25) is 14.4 Å². The fourth-order valence-electron chi connectivity index (χ4n) is 10.0. The molecule has 0 aliphatic carbocycles. The van der Waals surface area contributed by atoms with Gasteiger partial charge in [-0.25, -0.2) is 0 Å². The molecule has 6 nitrogen and oxygen atoms in total. The fourth-order valence-corrected chi connectivity index (χ4v) is 10.0. The molecule has 1 atom stereocenters. The van der Waals surface area contributed by atoms with Crippen molar-refractivity contribution in [3.05, 3.63) is 97.2 Å². The predicted molar refractivity (Wildman–Crippen MR) is 357 cm³/mol. The lowest BCUT2D eigenvalue weighted by atomic mass is 10.0. The standard InChI is InChI=1S/C76H132O6/c1-4-7-10-13-16-19-22-25-28-31-32-33-34-35-36-37-38-39-40-41-42-43-44-46-48-51-54-57-60-63-66-69-75(78)81-72-73(71-80-74(77)68-65-62-59-56-53-50-47-30-27-24-21-18-15-12-9-6-3)82-76(79)70-67-64-61-58-55-52-49-45-29-26-23-20-17-14-11-8-5-2/h7,10,16,19,21,24-26,28-30,32-33,35-36,47,73H,4-6,8-9,11-15,17-18,20,22-23,27,31,34,37-46,48-72H2,1-3H3/b10-7-,19-16-,24-21-,28-25-,29-26-,33-32-,36-35-,47-30-. The zero-order valence-electron chi connectivity index (χ0n) is 54.2. The van der Waals surface area contributed by atoms with Crippen LogP contribution in [0.1, 0.15) is 348 Å². The Bertz CT molecular complexity index is 1590. The highest BCUT2D eigenvalue weighted by atomic mass is 16.6. The lowest BCUT2D eigenvalue weighted by Gasteiger charge is -2.18. The van der Waals surface area contributed by atoms with Crippen molar-refractivity contribution in [2.45, 2.75) is 354 Å². The lowest BCUT2D eigenvalue weighted by Crippen LogP contribution is -2.30. The third-order valence-corrected chi connectivity index (χ3v) is 15.3. The van der Waals surface area contributed by atoms with Crippen LogP contribution in [0.4, 0.5) is 0 Å². The van der Waals surface area contributed by atoms with Gasteiger partial charge in [-0.2, -0.15) is 0 Å².